The van der Waals surface area contributed by atoms with Gasteiger partial charge in [-0.05, 0) is 18.2 Å². The van der Waals surface area contributed by atoms with E-state index in [4.69, 9.17) is 45.3 Å². The van der Waals surface area contributed by atoms with Crippen molar-refractivity contribution in [2.75, 3.05) is 0 Å². The molecule has 2 aromatic rings. The highest BCUT2D eigenvalue weighted by Crippen LogP contribution is 2.40. The summed E-state index contributed by atoms with van der Waals surface area (Å²) in [5.74, 6) is -0.315. The molecule has 0 saturated heterocycles. The number of carbonyl (C=O) groups excluding carboxylic acids is 1. The van der Waals surface area contributed by atoms with Crippen molar-refractivity contribution in [1.29, 1.82) is 0 Å². The third-order valence-corrected chi connectivity index (χ3v) is 5.78. The van der Waals surface area contributed by atoms with Crippen LogP contribution in [0.4, 0.5) is 18.0 Å². The average Bonchev–Trinajstić information content (AvgIpc) is 2.90. The van der Waals surface area contributed by atoms with Crippen molar-refractivity contribution in [3.05, 3.63) is 35.5 Å². The largest absolute Gasteiger partial charge is 0.501 e. The number of hydrogen-bond acceptors (Lipinski definition) is 5. The fourth-order valence-corrected chi connectivity index (χ4v) is 3.89. The number of alkyl halides is 6. The third kappa shape index (κ3) is 5.76. The summed E-state index contributed by atoms with van der Waals surface area (Å²) in [7, 11) is -5.64. The van der Waals surface area contributed by atoms with Crippen LogP contribution in [-0.2, 0) is 21.7 Å². The first-order valence-corrected chi connectivity index (χ1v) is 11.0. The van der Waals surface area contributed by atoms with Crippen LogP contribution in [0.5, 0.6) is 5.88 Å². The van der Waals surface area contributed by atoms with Gasteiger partial charge >= 0.3 is 11.6 Å². The monoisotopic (exact) mass is 521 g/mol. The summed E-state index contributed by atoms with van der Waals surface area (Å²) >= 11 is 17.7. The summed E-state index contributed by atoms with van der Waals surface area (Å²) < 4.78 is 66.7. The number of primary amides is 1. The minimum Gasteiger partial charge on any atom is -0.391 e. The summed E-state index contributed by atoms with van der Waals surface area (Å²) in [5, 5.41) is 4.31. The number of aromatic nitrogens is 2. The SMILES string of the molecule is CC(C)(C)c1nn(-c2cccc(S(=O)(=O)C(F)(F)F)c2)c(OC(N)=O)c1CC(Cl)(Cl)Cl. The first-order valence-electron chi connectivity index (χ1n) is 8.43. The van der Waals surface area contributed by atoms with Crippen LogP contribution in [0.15, 0.2) is 29.2 Å². The smallest absolute Gasteiger partial charge is 0.391 e. The highest BCUT2D eigenvalue weighted by molar-refractivity contribution is 7.92. The average molecular weight is 523 g/mol. The Morgan fingerprint density at radius 2 is 1.77 bits per heavy atom. The van der Waals surface area contributed by atoms with Gasteiger partial charge in [-0.2, -0.15) is 23.0 Å². The van der Waals surface area contributed by atoms with Gasteiger partial charge in [0.2, 0.25) is 5.88 Å². The molecule has 1 heterocycles. The molecule has 0 atom stereocenters. The summed E-state index contributed by atoms with van der Waals surface area (Å²) in [5.41, 5.74) is -0.771. The molecule has 31 heavy (non-hydrogen) atoms. The Bertz CT molecular complexity index is 1100. The fraction of sp³-hybridized carbons (Fsp3) is 0.412. The van der Waals surface area contributed by atoms with Crippen LogP contribution in [-0.4, -0.2) is 33.6 Å². The van der Waals surface area contributed by atoms with Crippen molar-refractivity contribution in [2.45, 2.75) is 46.8 Å². The van der Waals surface area contributed by atoms with Gasteiger partial charge in [0.15, 0.2) is 3.79 Å². The number of hydrogen-bond donors (Lipinski definition) is 1. The molecule has 0 spiro atoms. The van der Waals surface area contributed by atoms with Crippen LogP contribution >= 0.6 is 34.8 Å². The molecule has 1 aromatic carbocycles. The molecule has 7 nitrogen and oxygen atoms in total. The zero-order valence-electron chi connectivity index (χ0n) is 16.3. The fourth-order valence-electron chi connectivity index (χ4n) is 2.69. The number of rotatable bonds is 4. The van der Waals surface area contributed by atoms with Gasteiger partial charge in [0.05, 0.1) is 16.3 Å². The number of benzene rings is 1. The molecule has 1 aromatic heterocycles. The molecule has 0 fully saturated rings. The third-order valence-electron chi connectivity index (χ3n) is 3.90. The molecule has 172 valence electrons. The molecule has 0 bridgehead atoms. The first kappa shape index (κ1) is 25.6. The summed E-state index contributed by atoms with van der Waals surface area (Å²) in [6.45, 7) is 5.25. The Hall–Kier alpha value is -1.69. The molecular formula is C17H17Cl3F3N3O4S. The highest BCUT2D eigenvalue weighted by atomic mass is 35.6. The van der Waals surface area contributed by atoms with E-state index in [0.29, 0.717) is 5.69 Å². The second-order valence-corrected chi connectivity index (χ2v) is 11.9. The molecule has 0 aliphatic heterocycles. The quantitative estimate of drug-likeness (QED) is 0.579. The Balaban J connectivity index is 2.83. The van der Waals surface area contributed by atoms with Crippen LogP contribution in [0.1, 0.15) is 32.0 Å². The van der Waals surface area contributed by atoms with Gasteiger partial charge in [0, 0.05) is 17.4 Å². The maximum atomic E-state index is 13.0. The lowest BCUT2D eigenvalue weighted by molar-refractivity contribution is -0.0436. The molecule has 2 N–H and O–H groups in total. The number of halogens is 6. The molecule has 0 saturated carbocycles. The van der Waals surface area contributed by atoms with Crippen molar-refractivity contribution in [3.63, 3.8) is 0 Å². The lowest BCUT2D eigenvalue weighted by atomic mass is 9.89. The van der Waals surface area contributed by atoms with E-state index in [0.717, 1.165) is 22.9 Å². The number of sulfone groups is 1. The van der Waals surface area contributed by atoms with Crippen molar-refractivity contribution < 1.29 is 31.1 Å². The van der Waals surface area contributed by atoms with Gasteiger partial charge in [-0.3, -0.25) is 0 Å². The van der Waals surface area contributed by atoms with E-state index in [9.17, 15) is 26.4 Å². The molecule has 14 heteroatoms. The second kappa shape index (κ2) is 8.34. The summed E-state index contributed by atoms with van der Waals surface area (Å²) in [6.07, 6.45) is -1.54. The minimum absolute atomic E-state index is 0.150. The number of ether oxygens (including phenoxy) is 1. The van der Waals surface area contributed by atoms with Gasteiger partial charge in [0.25, 0.3) is 9.84 Å². The van der Waals surface area contributed by atoms with Gasteiger partial charge in [0.1, 0.15) is 0 Å². The van der Waals surface area contributed by atoms with E-state index in [1.54, 1.807) is 20.8 Å². The minimum atomic E-state index is -5.64. The van der Waals surface area contributed by atoms with Crippen LogP contribution in [0.25, 0.3) is 5.69 Å². The maximum absolute atomic E-state index is 13.0. The Labute approximate surface area is 191 Å². The van der Waals surface area contributed by atoms with Gasteiger partial charge in [-0.25, -0.2) is 13.2 Å². The number of amides is 1. The lowest BCUT2D eigenvalue weighted by Crippen LogP contribution is -2.23. The summed E-state index contributed by atoms with van der Waals surface area (Å²) in [6, 6.07) is 3.85. The Morgan fingerprint density at radius 3 is 2.23 bits per heavy atom. The molecule has 0 aliphatic rings. The van der Waals surface area contributed by atoms with Crippen LogP contribution < -0.4 is 10.5 Å². The Morgan fingerprint density at radius 1 is 1.19 bits per heavy atom. The second-order valence-electron chi connectivity index (χ2n) is 7.45. The van der Waals surface area contributed by atoms with E-state index >= 15 is 0 Å². The molecule has 0 radical (unpaired) electrons. The maximum Gasteiger partial charge on any atom is 0.501 e. The standard InChI is InChI=1S/C17H17Cl3F3N3O4S/c1-15(2,3)12-11(8-16(18,19)20)13(30-14(24)27)26(25-12)9-5-4-6-10(7-9)31(28,29)17(21,22)23/h4-7H,8H2,1-3H3,(H2,24,27). The first-order chi connectivity index (χ1) is 13.8. The number of nitrogens with zero attached hydrogens (tertiary/aromatic N) is 2. The predicted octanol–water partition coefficient (Wildman–Crippen LogP) is 4.83. The summed E-state index contributed by atoms with van der Waals surface area (Å²) in [4.78, 5) is 10.5. The predicted molar refractivity (Wildman–Crippen MR) is 110 cm³/mol. The normalized spacial score (nSPS) is 13.3. The highest BCUT2D eigenvalue weighted by Gasteiger charge is 2.47. The lowest BCUT2D eigenvalue weighted by Gasteiger charge is -2.19. The van der Waals surface area contributed by atoms with E-state index < -0.39 is 35.5 Å². The topological polar surface area (TPSA) is 104 Å². The van der Waals surface area contributed by atoms with Gasteiger partial charge < -0.3 is 10.5 Å². The van der Waals surface area contributed by atoms with Crippen molar-refractivity contribution in [3.8, 4) is 11.6 Å². The van der Waals surface area contributed by atoms with E-state index in [2.05, 4.69) is 5.10 Å². The number of nitrogens with two attached hydrogens (primary N) is 1. The van der Waals surface area contributed by atoms with E-state index in [-0.39, 0.29) is 23.6 Å². The number of carbonyl (C=O) groups is 1. The van der Waals surface area contributed by atoms with Crippen LogP contribution in [0.3, 0.4) is 0 Å². The molecule has 0 aliphatic carbocycles. The molecule has 2 rings (SSSR count). The zero-order valence-corrected chi connectivity index (χ0v) is 19.4. The van der Waals surface area contributed by atoms with E-state index in [1.807, 2.05) is 0 Å². The van der Waals surface area contributed by atoms with Gasteiger partial charge in [-0.1, -0.05) is 61.6 Å². The van der Waals surface area contributed by atoms with E-state index in [1.165, 1.54) is 6.07 Å². The van der Waals surface area contributed by atoms with Crippen molar-refractivity contribution in [2.24, 2.45) is 5.73 Å². The van der Waals surface area contributed by atoms with Crippen LogP contribution in [0, 0.1) is 0 Å². The molecule has 0 unspecified atom stereocenters. The van der Waals surface area contributed by atoms with Gasteiger partial charge in [-0.15, -0.1) is 0 Å². The van der Waals surface area contributed by atoms with Crippen LogP contribution in [0.2, 0.25) is 0 Å². The Kier molecular flexibility index (Phi) is 6.88. The van der Waals surface area contributed by atoms with Crippen molar-refractivity contribution in [1.82, 2.24) is 9.78 Å². The van der Waals surface area contributed by atoms with Crippen molar-refractivity contribution >= 4 is 50.7 Å². The molecular weight excluding hydrogens is 506 g/mol. The zero-order chi connectivity index (χ0) is 24.0. The molecule has 1 amide bonds.